The number of amides is 1. The first-order chi connectivity index (χ1) is 12.2. The van der Waals surface area contributed by atoms with Crippen molar-refractivity contribution in [3.63, 3.8) is 0 Å². The summed E-state index contributed by atoms with van der Waals surface area (Å²) in [4.78, 5) is 14.9. The van der Waals surface area contributed by atoms with Crippen LogP contribution in [0.15, 0.2) is 24.3 Å². The molecule has 2 saturated heterocycles. The van der Waals surface area contributed by atoms with Gasteiger partial charge in [-0.05, 0) is 68.4 Å². The van der Waals surface area contributed by atoms with Crippen molar-refractivity contribution in [3.05, 3.63) is 35.4 Å². The summed E-state index contributed by atoms with van der Waals surface area (Å²) in [7, 11) is 0. The monoisotopic (exact) mass is 378 g/mol. The van der Waals surface area contributed by atoms with Crippen LogP contribution >= 0.6 is 23.5 Å². The number of rotatable bonds is 6. The highest BCUT2D eigenvalue weighted by atomic mass is 32.2. The smallest absolute Gasteiger partial charge is 0.251 e. The molecule has 138 valence electrons. The Labute approximate surface area is 160 Å². The molecule has 3 nitrogen and oxygen atoms in total. The van der Waals surface area contributed by atoms with Crippen molar-refractivity contribution >= 4 is 29.4 Å². The summed E-state index contributed by atoms with van der Waals surface area (Å²) in [5.74, 6) is 2.55. The van der Waals surface area contributed by atoms with Gasteiger partial charge in [-0.25, -0.2) is 0 Å². The number of hydrogen-bond acceptors (Lipinski definition) is 4. The molecule has 0 aromatic heterocycles. The molecular weight excluding hydrogens is 348 g/mol. The molecule has 1 aromatic rings. The van der Waals surface area contributed by atoms with Gasteiger partial charge >= 0.3 is 0 Å². The molecule has 2 aliphatic rings. The van der Waals surface area contributed by atoms with Crippen LogP contribution in [0.5, 0.6) is 0 Å². The fourth-order valence-corrected chi connectivity index (χ4v) is 6.44. The molecule has 2 fully saturated rings. The first kappa shape index (κ1) is 19.1. The van der Waals surface area contributed by atoms with Gasteiger partial charge in [-0.1, -0.05) is 18.6 Å². The number of nitrogens with one attached hydrogen (secondary N) is 1. The number of carbonyl (C=O) groups is 1. The highest BCUT2D eigenvalue weighted by molar-refractivity contribution is 8.16. The van der Waals surface area contributed by atoms with Gasteiger partial charge in [0.25, 0.3) is 5.91 Å². The van der Waals surface area contributed by atoms with Gasteiger partial charge in [0.2, 0.25) is 0 Å². The zero-order valence-electron chi connectivity index (χ0n) is 15.2. The lowest BCUT2D eigenvalue weighted by Gasteiger charge is -2.33. The van der Waals surface area contributed by atoms with Crippen molar-refractivity contribution in [1.82, 2.24) is 10.2 Å². The Bertz CT molecular complexity index is 543. The molecule has 25 heavy (non-hydrogen) atoms. The number of carbonyl (C=O) groups excluding carboxylic acids is 1. The SMILES string of the molecule is C[C@@H]1CCCCN1CCCNC(=O)c1ccc(C2SCCCS2)cc1. The van der Waals surface area contributed by atoms with E-state index in [9.17, 15) is 4.79 Å². The second-order valence-electron chi connectivity index (χ2n) is 7.04. The molecule has 0 spiro atoms. The lowest BCUT2D eigenvalue weighted by molar-refractivity contribution is 0.0949. The molecule has 3 rings (SSSR count). The van der Waals surface area contributed by atoms with Gasteiger partial charge < -0.3 is 10.2 Å². The van der Waals surface area contributed by atoms with Crippen LogP contribution in [0.2, 0.25) is 0 Å². The minimum Gasteiger partial charge on any atom is -0.352 e. The van der Waals surface area contributed by atoms with E-state index in [0.29, 0.717) is 10.6 Å². The van der Waals surface area contributed by atoms with Gasteiger partial charge in [-0.3, -0.25) is 4.79 Å². The fourth-order valence-electron chi connectivity index (χ4n) is 3.55. The van der Waals surface area contributed by atoms with Crippen LogP contribution in [0.1, 0.15) is 59.5 Å². The van der Waals surface area contributed by atoms with Crippen LogP contribution in [-0.2, 0) is 0 Å². The molecule has 2 heterocycles. The third kappa shape index (κ3) is 5.66. The van der Waals surface area contributed by atoms with E-state index in [1.165, 1.54) is 49.3 Å². The maximum absolute atomic E-state index is 12.3. The lowest BCUT2D eigenvalue weighted by Crippen LogP contribution is -2.39. The maximum atomic E-state index is 12.3. The quantitative estimate of drug-likeness (QED) is 0.736. The molecule has 5 heteroatoms. The average Bonchev–Trinajstić information content (AvgIpc) is 2.67. The van der Waals surface area contributed by atoms with E-state index < -0.39 is 0 Å². The van der Waals surface area contributed by atoms with E-state index in [1.54, 1.807) is 0 Å². The van der Waals surface area contributed by atoms with E-state index in [-0.39, 0.29) is 5.91 Å². The van der Waals surface area contributed by atoms with Gasteiger partial charge in [-0.15, -0.1) is 23.5 Å². The molecule has 0 unspecified atom stereocenters. The van der Waals surface area contributed by atoms with E-state index in [0.717, 1.165) is 25.1 Å². The Balaban J connectivity index is 1.40. The van der Waals surface area contributed by atoms with Crippen molar-refractivity contribution in [2.75, 3.05) is 31.1 Å². The molecule has 0 radical (unpaired) electrons. The largest absolute Gasteiger partial charge is 0.352 e. The van der Waals surface area contributed by atoms with Gasteiger partial charge in [0.15, 0.2) is 0 Å². The Morgan fingerprint density at radius 3 is 2.64 bits per heavy atom. The Kier molecular flexibility index (Phi) is 7.56. The van der Waals surface area contributed by atoms with E-state index in [1.807, 2.05) is 35.7 Å². The van der Waals surface area contributed by atoms with Crippen LogP contribution in [0.25, 0.3) is 0 Å². The topological polar surface area (TPSA) is 32.3 Å². The normalized spacial score (nSPS) is 22.7. The van der Waals surface area contributed by atoms with E-state index in [4.69, 9.17) is 0 Å². The predicted octanol–water partition coefficient (Wildman–Crippen LogP) is 4.55. The van der Waals surface area contributed by atoms with Crippen molar-refractivity contribution in [2.45, 2.75) is 49.7 Å². The van der Waals surface area contributed by atoms with Gasteiger partial charge in [0.05, 0.1) is 4.58 Å². The van der Waals surface area contributed by atoms with E-state index in [2.05, 4.69) is 29.3 Å². The van der Waals surface area contributed by atoms with Crippen molar-refractivity contribution in [3.8, 4) is 0 Å². The highest BCUT2D eigenvalue weighted by Crippen LogP contribution is 2.43. The molecule has 1 atom stereocenters. The van der Waals surface area contributed by atoms with Gasteiger partial charge in [-0.2, -0.15) is 0 Å². The summed E-state index contributed by atoms with van der Waals surface area (Å²) in [5.41, 5.74) is 2.12. The number of likely N-dealkylation sites (tertiary alicyclic amines) is 1. The molecule has 1 aromatic carbocycles. The number of nitrogens with zero attached hydrogens (tertiary/aromatic N) is 1. The first-order valence-corrected chi connectivity index (χ1v) is 11.7. The molecule has 0 aliphatic carbocycles. The maximum Gasteiger partial charge on any atom is 0.251 e. The van der Waals surface area contributed by atoms with Crippen LogP contribution in [0.4, 0.5) is 0 Å². The number of hydrogen-bond donors (Lipinski definition) is 1. The Morgan fingerprint density at radius 2 is 1.92 bits per heavy atom. The Morgan fingerprint density at radius 1 is 1.16 bits per heavy atom. The van der Waals surface area contributed by atoms with Crippen molar-refractivity contribution in [1.29, 1.82) is 0 Å². The molecule has 1 amide bonds. The third-order valence-corrected chi connectivity index (χ3v) is 8.14. The predicted molar refractivity (Wildman–Crippen MR) is 111 cm³/mol. The van der Waals surface area contributed by atoms with Gasteiger partial charge in [0.1, 0.15) is 0 Å². The molecule has 1 N–H and O–H groups in total. The summed E-state index contributed by atoms with van der Waals surface area (Å²) < 4.78 is 0.539. The molecule has 2 aliphatic heterocycles. The summed E-state index contributed by atoms with van der Waals surface area (Å²) in [6.45, 7) is 5.39. The first-order valence-electron chi connectivity index (χ1n) is 9.59. The van der Waals surface area contributed by atoms with E-state index >= 15 is 0 Å². The number of benzene rings is 1. The van der Waals surface area contributed by atoms with Crippen molar-refractivity contribution in [2.24, 2.45) is 0 Å². The summed E-state index contributed by atoms with van der Waals surface area (Å²) in [6, 6.07) is 8.91. The fraction of sp³-hybridized carbons (Fsp3) is 0.650. The molecule has 0 bridgehead atoms. The highest BCUT2D eigenvalue weighted by Gasteiger charge is 2.18. The third-order valence-electron chi connectivity index (χ3n) is 5.12. The van der Waals surface area contributed by atoms with Crippen LogP contribution < -0.4 is 5.32 Å². The number of thioether (sulfide) groups is 2. The van der Waals surface area contributed by atoms with Crippen LogP contribution in [-0.4, -0.2) is 48.0 Å². The summed E-state index contributed by atoms with van der Waals surface area (Å²) in [6.07, 6.45) is 6.34. The van der Waals surface area contributed by atoms with Gasteiger partial charge in [0, 0.05) is 24.7 Å². The van der Waals surface area contributed by atoms with Crippen LogP contribution in [0.3, 0.4) is 0 Å². The standard InChI is InChI=1S/C20H30N2OS2/c1-16-6-2-3-12-22(16)13-4-11-21-19(23)17-7-9-18(10-8-17)20-24-14-5-15-25-20/h7-10,16,20H,2-6,11-15H2,1H3,(H,21,23)/t16-/m1/s1. The lowest BCUT2D eigenvalue weighted by atomic mass is 10.0. The molecule has 0 saturated carbocycles. The zero-order valence-corrected chi connectivity index (χ0v) is 16.8. The molecular formula is C20H30N2OS2. The minimum atomic E-state index is 0.0576. The van der Waals surface area contributed by atoms with Crippen LogP contribution in [0, 0.1) is 0 Å². The number of piperidine rings is 1. The second-order valence-corrected chi connectivity index (χ2v) is 9.76. The second kappa shape index (κ2) is 9.89. The Hall–Kier alpha value is -0.650. The van der Waals surface area contributed by atoms with Crippen molar-refractivity contribution < 1.29 is 4.79 Å². The average molecular weight is 379 g/mol. The summed E-state index contributed by atoms with van der Waals surface area (Å²) in [5, 5.41) is 3.08. The summed E-state index contributed by atoms with van der Waals surface area (Å²) >= 11 is 4.04. The minimum absolute atomic E-state index is 0.0576. The zero-order chi connectivity index (χ0) is 17.5.